The Hall–Kier alpha value is -2.67. The maximum absolute atomic E-state index is 15.1. The van der Waals surface area contributed by atoms with Crippen LogP contribution in [-0.2, 0) is 9.59 Å². The molecule has 1 aromatic heterocycles. The highest BCUT2D eigenvalue weighted by molar-refractivity contribution is 5.80. The average molecular weight is 474 g/mol. The number of hydroxylamine groups is 2. The lowest BCUT2D eigenvalue weighted by molar-refractivity contribution is -0.154. The molecule has 3 N–H and O–H groups in total. The van der Waals surface area contributed by atoms with Gasteiger partial charge in [0, 0.05) is 26.2 Å². The number of nitrogens with one attached hydrogen (secondary N) is 2. The van der Waals surface area contributed by atoms with Gasteiger partial charge in [0.1, 0.15) is 0 Å². The number of halogens is 3. The van der Waals surface area contributed by atoms with E-state index in [0.29, 0.717) is 37.7 Å². The van der Waals surface area contributed by atoms with Gasteiger partial charge in [-0.3, -0.25) is 25.6 Å². The third-order valence-electron chi connectivity index (χ3n) is 6.15. The van der Waals surface area contributed by atoms with Crippen molar-refractivity contribution in [3.63, 3.8) is 0 Å². The Bertz CT molecular complexity index is 818. The first-order chi connectivity index (χ1) is 15.8. The van der Waals surface area contributed by atoms with E-state index in [1.54, 1.807) is 4.90 Å². The van der Waals surface area contributed by atoms with Gasteiger partial charge in [-0.2, -0.15) is 4.39 Å². The van der Waals surface area contributed by atoms with Crippen molar-refractivity contribution < 1.29 is 28.0 Å². The van der Waals surface area contributed by atoms with Gasteiger partial charge < -0.3 is 9.80 Å². The monoisotopic (exact) mass is 473 g/mol. The van der Waals surface area contributed by atoms with E-state index >= 15 is 4.39 Å². The molecule has 3 rings (SSSR count). The van der Waals surface area contributed by atoms with Gasteiger partial charge in [-0.1, -0.05) is 25.7 Å². The molecule has 0 bridgehead atoms. The quantitative estimate of drug-likeness (QED) is 0.268. The first kappa shape index (κ1) is 25.0. The Kier molecular flexibility index (Phi) is 8.67. The van der Waals surface area contributed by atoms with Gasteiger partial charge in [-0.15, -0.1) is 0 Å². The van der Waals surface area contributed by atoms with Crippen LogP contribution in [0, 0.1) is 17.7 Å². The van der Waals surface area contributed by atoms with Crippen LogP contribution in [0.25, 0.3) is 0 Å². The molecular formula is C20H30F3N7O3. The standard InChI is InChI=1S/C20H30F3N7O3/c1-28-6-8-29(9-7-28)19-15(21)17(24-18(25-19)16(22)23)26-27-20(32)14(11-30(33)12-31)10-13-4-2-3-5-13/h12-14,16,33H,2-11H2,1H3,(H,27,32)(H,24,25,26)/t14-/m1/s1. The van der Waals surface area contributed by atoms with Crippen molar-refractivity contribution >= 4 is 24.0 Å². The Morgan fingerprint density at radius 1 is 1.24 bits per heavy atom. The second-order valence-electron chi connectivity index (χ2n) is 8.58. The van der Waals surface area contributed by atoms with Crippen LogP contribution in [0.3, 0.4) is 0 Å². The van der Waals surface area contributed by atoms with Crippen LogP contribution < -0.4 is 15.8 Å². The number of hydrogen-bond donors (Lipinski definition) is 3. The number of carbonyl (C=O) groups excluding carboxylic acids is 2. The van der Waals surface area contributed by atoms with Gasteiger partial charge in [0.15, 0.2) is 17.5 Å². The molecule has 1 aliphatic carbocycles. The largest absolute Gasteiger partial charge is 0.351 e. The fraction of sp³-hybridized carbons (Fsp3) is 0.700. The molecule has 184 valence electrons. The summed E-state index contributed by atoms with van der Waals surface area (Å²) in [6.45, 7) is 1.80. The van der Waals surface area contributed by atoms with E-state index < -0.39 is 35.7 Å². The minimum absolute atomic E-state index is 0.198. The van der Waals surface area contributed by atoms with E-state index in [1.165, 1.54) is 0 Å². The normalized spacial score (nSPS) is 18.4. The Morgan fingerprint density at radius 3 is 2.52 bits per heavy atom. The van der Waals surface area contributed by atoms with Crippen LogP contribution in [0.4, 0.5) is 24.8 Å². The summed E-state index contributed by atoms with van der Waals surface area (Å²) in [5.41, 5.74) is 4.61. The van der Waals surface area contributed by atoms with Crippen molar-refractivity contribution in [3.05, 3.63) is 11.6 Å². The highest BCUT2D eigenvalue weighted by atomic mass is 19.3. The third-order valence-corrected chi connectivity index (χ3v) is 6.15. The van der Waals surface area contributed by atoms with Crippen LogP contribution in [-0.4, -0.2) is 77.2 Å². The van der Waals surface area contributed by atoms with E-state index in [2.05, 4.69) is 20.8 Å². The third kappa shape index (κ3) is 6.67. The van der Waals surface area contributed by atoms with E-state index in [4.69, 9.17) is 0 Å². The van der Waals surface area contributed by atoms with Crippen LogP contribution in [0.5, 0.6) is 0 Å². The number of hydrogen-bond acceptors (Lipinski definition) is 8. The molecular weight excluding hydrogens is 443 g/mol. The summed E-state index contributed by atoms with van der Waals surface area (Å²) in [7, 11) is 1.90. The summed E-state index contributed by atoms with van der Waals surface area (Å²) >= 11 is 0. The molecule has 0 unspecified atom stereocenters. The number of alkyl halides is 2. The fourth-order valence-electron chi connectivity index (χ4n) is 4.26. The smallest absolute Gasteiger partial charge is 0.297 e. The van der Waals surface area contributed by atoms with Crippen LogP contribution in [0.2, 0.25) is 0 Å². The number of amides is 2. The average Bonchev–Trinajstić information content (AvgIpc) is 3.31. The highest BCUT2D eigenvalue weighted by Gasteiger charge is 2.29. The van der Waals surface area contributed by atoms with Crippen molar-refractivity contribution in [2.24, 2.45) is 11.8 Å². The molecule has 2 fully saturated rings. The molecule has 1 aromatic rings. The van der Waals surface area contributed by atoms with Gasteiger partial charge in [-0.05, 0) is 19.4 Å². The Balaban J connectivity index is 1.74. The second-order valence-corrected chi connectivity index (χ2v) is 8.58. The van der Waals surface area contributed by atoms with Gasteiger partial charge in [-0.25, -0.2) is 23.8 Å². The van der Waals surface area contributed by atoms with Crippen LogP contribution in [0.15, 0.2) is 0 Å². The predicted octanol–water partition coefficient (Wildman–Crippen LogP) is 1.79. The summed E-state index contributed by atoms with van der Waals surface area (Å²) in [5.74, 6) is -3.74. The van der Waals surface area contributed by atoms with Crippen LogP contribution in [0.1, 0.15) is 44.4 Å². The summed E-state index contributed by atoms with van der Waals surface area (Å²) in [5, 5.41) is 9.95. The maximum atomic E-state index is 15.1. The number of anilines is 2. The van der Waals surface area contributed by atoms with E-state index in [9.17, 15) is 23.6 Å². The molecule has 0 radical (unpaired) electrons. The van der Waals surface area contributed by atoms with E-state index in [-0.39, 0.29) is 24.7 Å². The molecule has 2 heterocycles. The topological polar surface area (TPSA) is 114 Å². The fourth-order valence-corrected chi connectivity index (χ4v) is 4.26. The summed E-state index contributed by atoms with van der Waals surface area (Å²) in [6, 6.07) is 0. The summed E-state index contributed by atoms with van der Waals surface area (Å²) < 4.78 is 41.8. The number of piperazine rings is 1. The molecule has 2 aliphatic rings. The summed E-state index contributed by atoms with van der Waals surface area (Å²) in [6.07, 6.45) is 1.57. The van der Waals surface area contributed by atoms with Gasteiger partial charge in [0.2, 0.25) is 18.1 Å². The zero-order valence-electron chi connectivity index (χ0n) is 18.5. The SMILES string of the molecule is CN1CCN(c2nc(C(F)F)nc(NNC(=O)[C@H](CC3CCCC3)CN(O)C=O)c2F)CC1. The Morgan fingerprint density at radius 2 is 1.91 bits per heavy atom. The minimum Gasteiger partial charge on any atom is -0.351 e. The van der Waals surface area contributed by atoms with Crippen molar-refractivity contribution in [2.75, 3.05) is 50.1 Å². The molecule has 0 aromatic carbocycles. The second kappa shape index (κ2) is 11.5. The van der Waals surface area contributed by atoms with E-state index in [1.807, 2.05) is 11.9 Å². The molecule has 2 amide bonds. The number of aromatic nitrogens is 2. The van der Waals surface area contributed by atoms with Crippen molar-refractivity contribution in [2.45, 2.75) is 38.5 Å². The summed E-state index contributed by atoms with van der Waals surface area (Å²) in [4.78, 5) is 34.4. The maximum Gasteiger partial charge on any atom is 0.297 e. The Labute approximate surface area is 190 Å². The molecule has 1 atom stereocenters. The van der Waals surface area contributed by atoms with Gasteiger partial charge in [0.25, 0.3) is 6.43 Å². The lowest BCUT2D eigenvalue weighted by Gasteiger charge is -2.33. The first-order valence-corrected chi connectivity index (χ1v) is 11.0. The molecule has 1 saturated carbocycles. The number of hydrazine groups is 1. The van der Waals surface area contributed by atoms with Gasteiger partial charge in [0.05, 0.1) is 12.5 Å². The lowest BCUT2D eigenvalue weighted by Crippen LogP contribution is -2.45. The highest BCUT2D eigenvalue weighted by Crippen LogP contribution is 2.31. The number of likely N-dealkylation sites (N-methyl/N-ethyl adjacent to an activating group) is 1. The number of nitrogens with zero attached hydrogens (tertiary/aromatic N) is 5. The molecule has 33 heavy (non-hydrogen) atoms. The molecule has 0 spiro atoms. The molecule has 10 nitrogen and oxygen atoms in total. The lowest BCUT2D eigenvalue weighted by atomic mass is 9.92. The zero-order valence-corrected chi connectivity index (χ0v) is 18.5. The van der Waals surface area contributed by atoms with Crippen molar-refractivity contribution in [1.82, 2.24) is 25.4 Å². The van der Waals surface area contributed by atoms with Crippen LogP contribution >= 0.6 is 0 Å². The number of carbonyl (C=O) groups is 2. The zero-order chi connectivity index (χ0) is 24.0. The molecule has 13 heteroatoms. The van der Waals surface area contributed by atoms with E-state index in [0.717, 1.165) is 25.7 Å². The van der Waals surface area contributed by atoms with Gasteiger partial charge >= 0.3 is 0 Å². The predicted molar refractivity (Wildman–Crippen MR) is 113 cm³/mol. The minimum atomic E-state index is -3.03. The van der Waals surface area contributed by atoms with Crippen molar-refractivity contribution in [3.8, 4) is 0 Å². The first-order valence-electron chi connectivity index (χ1n) is 11.0. The molecule has 1 saturated heterocycles. The number of rotatable bonds is 10. The molecule has 1 aliphatic heterocycles. The van der Waals surface area contributed by atoms with Crippen molar-refractivity contribution in [1.29, 1.82) is 0 Å².